The highest BCUT2D eigenvalue weighted by Gasteiger charge is 2.17. The van der Waals surface area contributed by atoms with E-state index >= 15 is 0 Å². The number of nitrogens with one attached hydrogen (secondary N) is 2. The Bertz CT molecular complexity index is 1520. The molecule has 196 valence electrons. The Kier molecular flexibility index (Phi) is 8.43. The summed E-state index contributed by atoms with van der Waals surface area (Å²) in [6, 6.07) is 14.0. The SMILES string of the molecule is Cn1cc(-c2cc(C(=O)NCCN)c3cc(C#CCNCC4CCCCC4)ccc3n2)c2cc(Br)ccc21. The zero-order chi connectivity index (χ0) is 26.5. The Hall–Kier alpha value is -3.18. The summed E-state index contributed by atoms with van der Waals surface area (Å²) >= 11 is 3.59. The van der Waals surface area contributed by atoms with Gasteiger partial charge in [-0.15, -0.1) is 0 Å². The van der Waals surface area contributed by atoms with E-state index in [0.717, 1.165) is 55.6 Å². The summed E-state index contributed by atoms with van der Waals surface area (Å²) < 4.78 is 3.08. The average Bonchev–Trinajstić information content (AvgIpc) is 3.26. The van der Waals surface area contributed by atoms with Crippen molar-refractivity contribution in [1.29, 1.82) is 0 Å². The largest absolute Gasteiger partial charge is 0.351 e. The van der Waals surface area contributed by atoms with E-state index in [1.807, 2.05) is 37.4 Å². The number of nitrogens with two attached hydrogens (primary N) is 1. The molecule has 2 heterocycles. The molecular formula is C31H34BrN5O. The van der Waals surface area contributed by atoms with Gasteiger partial charge in [0.15, 0.2) is 0 Å². The van der Waals surface area contributed by atoms with Crippen molar-refractivity contribution in [2.24, 2.45) is 18.7 Å². The van der Waals surface area contributed by atoms with Crippen LogP contribution in [0.1, 0.15) is 48.0 Å². The fourth-order valence-corrected chi connectivity index (χ4v) is 5.72. The second-order valence-electron chi connectivity index (χ2n) is 10.1. The first-order valence-electron chi connectivity index (χ1n) is 13.4. The molecule has 2 aromatic carbocycles. The molecule has 1 fully saturated rings. The molecule has 0 aliphatic heterocycles. The van der Waals surface area contributed by atoms with Gasteiger partial charge in [-0.05, 0) is 67.8 Å². The Labute approximate surface area is 232 Å². The number of carbonyl (C=O) groups is 1. The molecule has 4 N–H and O–H groups in total. The van der Waals surface area contributed by atoms with Crippen molar-refractivity contribution in [3.05, 3.63) is 64.3 Å². The Morgan fingerprint density at radius 3 is 2.79 bits per heavy atom. The van der Waals surface area contributed by atoms with Crippen LogP contribution in [0.5, 0.6) is 0 Å². The number of hydrogen-bond acceptors (Lipinski definition) is 4. The zero-order valence-electron chi connectivity index (χ0n) is 21.8. The van der Waals surface area contributed by atoms with E-state index in [1.165, 1.54) is 32.1 Å². The van der Waals surface area contributed by atoms with Crippen molar-refractivity contribution < 1.29 is 4.79 Å². The highest BCUT2D eigenvalue weighted by atomic mass is 79.9. The van der Waals surface area contributed by atoms with Gasteiger partial charge in [0.05, 0.1) is 23.3 Å². The van der Waals surface area contributed by atoms with Crippen molar-refractivity contribution in [3.8, 4) is 23.1 Å². The average molecular weight is 573 g/mol. The van der Waals surface area contributed by atoms with Crippen molar-refractivity contribution in [3.63, 3.8) is 0 Å². The maximum Gasteiger partial charge on any atom is 0.252 e. The number of pyridine rings is 1. The standard InChI is InChI=1S/C31H34BrN5O/c1-37-20-27(25-17-23(32)10-12-30(25)37)29-18-26(31(38)35-15-13-33)24-16-21(9-11-28(24)36-29)8-5-14-34-19-22-6-3-2-4-7-22/h9-12,16-18,20,22,34H,2-4,6-7,13-15,19,33H2,1H3,(H,35,38). The maximum absolute atomic E-state index is 13.2. The first-order valence-corrected chi connectivity index (χ1v) is 14.2. The summed E-state index contributed by atoms with van der Waals surface area (Å²) in [5.41, 5.74) is 10.7. The predicted molar refractivity (Wildman–Crippen MR) is 159 cm³/mol. The summed E-state index contributed by atoms with van der Waals surface area (Å²) in [4.78, 5) is 18.2. The van der Waals surface area contributed by atoms with Crippen molar-refractivity contribution in [2.45, 2.75) is 32.1 Å². The summed E-state index contributed by atoms with van der Waals surface area (Å²) in [6.45, 7) is 2.48. The van der Waals surface area contributed by atoms with Crippen LogP contribution in [0.15, 0.2) is 53.1 Å². The van der Waals surface area contributed by atoms with Gasteiger partial charge in [-0.1, -0.05) is 47.0 Å². The van der Waals surface area contributed by atoms with E-state index < -0.39 is 0 Å². The lowest BCUT2D eigenvalue weighted by Gasteiger charge is -2.21. The van der Waals surface area contributed by atoms with Gasteiger partial charge in [0, 0.05) is 58.2 Å². The third-order valence-corrected chi connectivity index (χ3v) is 7.81. The summed E-state index contributed by atoms with van der Waals surface area (Å²) in [5.74, 6) is 7.13. The topological polar surface area (TPSA) is 85.0 Å². The number of fused-ring (bicyclic) bond motifs is 2. The lowest BCUT2D eigenvalue weighted by Crippen LogP contribution is -2.29. The van der Waals surface area contributed by atoms with Crippen molar-refractivity contribution in [1.82, 2.24) is 20.2 Å². The number of amides is 1. The Balaban J connectivity index is 1.46. The summed E-state index contributed by atoms with van der Waals surface area (Å²) in [5, 5.41) is 8.28. The molecule has 0 unspecified atom stereocenters. The van der Waals surface area contributed by atoms with E-state index in [9.17, 15) is 4.79 Å². The normalized spacial score (nSPS) is 14.0. The van der Waals surface area contributed by atoms with Crippen LogP contribution in [-0.2, 0) is 7.05 Å². The smallest absolute Gasteiger partial charge is 0.252 e. The number of aryl methyl sites for hydroxylation is 1. The van der Waals surface area contributed by atoms with Crippen LogP contribution in [0.25, 0.3) is 33.1 Å². The lowest BCUT2D eigenvalue weighted by molar-refractivity contribution is 0.0956. The number of benzene rings is 2. The molecule has 1 aliphatic carbocycles. The van der Waals surface area contributed by atoms with Crippen LogP contribution >= 0.6 is 15.9 Å². The van der Waals surface area contributed by atoms with E-state index in [0.29, 0.717) is 25.2 Å². The number of carbonyl (C=O) groups excluding carboxylic acids is 1. The monoisotopic (exact) mass is 571 g/mol. The molecule has 5 rings (SSSR count). The fraction of sp³-hybridized carbons (Fsp3) is 0.355. The minimum atomic E-state index is -0.162. The van der Waals surface area contributed by atoms with Crippen LogP contribution in [0.3, 0.4) is 0 Å². The summed E-state index contributed by atoms with van der Waals surface area (Å²) in [7, 11) is 2.02. The third-order valence-electron chi connectivity index (χ3n) is 7.31. The molecular weight excluding hydrogens is 538 g/mol. The second-order valence-corrected chi connectivity index (χ2v) is 11.0. The van der Waals surface area contributed by atoms with Crippen LogP contribution < -0.4 is 16.4 Å². The minimum absolute atomic E-state index is 0.162. The fourth-order valence-electron chi connectivity index (χ4n) is 5.36. The number of rotatable bonds is 7. The van der Waals surface area contributed by atoms with Gasteiger partial charge >= 0.3 is 0 Å². The predicted octanol–water partition coefficient (Wildman–Crippen LogP) is 5.37. The molecule has 0 atom stereocenters. The van der Waals surface area contributed by atoms with Gasteiger partial charge in [0.1, 0.15) is 0 Å². The van der Waals surface area contributed by atoms with E-state index in [-0.39, 0.29) is 5.91 Å². The van der Waals surface area contributed by atoms with Gasteiger partial charge < -0.3 is 20.9 Å². The molecule has 0 saturated heterocycles. The minimum Gasteiger partial charge on any atom is -0.351 e. The quantitative estimate of drug-likeness (QED) is 0.206. The van der Waals surface area contributed by atoms with Gasteiger partial charge in [0.25, 0.3) is 5.91 Å². The molecule has 1 saturated carbocycles. The van der Waals surface area contributed by atoms with Gasteiger partial charge in [-0.2, -0.15) is 0 Å². The molecule has 4 aromatic rings. The van der Waals surface area contributed by atoms with E-state index in [1.54, 1.807) is 0 Å². The van der Waals surface area contributed by atoms with Gasteiger partial charge in [0.2, 0.25) is 0 Å². The first kappa shape index (κ1) is 26.4. The van der Waals surface area contributed by atoms with E-state index in [2.05, 4.69) is 61.3 Å². The molecule has 7 heteroatoms. The van der Waals surface area contributed by atoms with Gasteiger partial charge in [-0.25, -0.2) is 4.98 Å². The van der Waals surface area contributed by atoms with Crippen molar-refractivity contribution in [2.75, 3.05) is 26.2 Å². The molecule has 0 radical (unpaired) electrons. The lowest BCUT2D eigenvalue weighted by atomic mass is 9.89. The highest BCUT2D eigenvalue weighted by Crippen LogP contribution is 2.33. The second kappa shape index (κ2) is 12.1. The van der Waals surface area contributed by atoms with Crippen molar-refractivity contribution >= 4 is 43.6 Å². The zero-order valence-corrected chi connectivity index (χ0v) is 23.4. The first-order chi connectivity index (χ1) is 18.5. The number of halogens is 1. The van der Waals surface area contributed by atoms with Gasteiger partial charge in [-0.3, -0.25) is 4.79 Å². The summed E-state index contributed by atoms with van der Waals surface area (Å²) in [6.07, 6.45) is 8.79. The molecule has 0 bridgehead atoms. The molecule has 1 amide bonds. The Morgan fingerprint density at radius 1 is 1.13 bits per heavy atom. The number of aromatic nitrogens is 2. The van der Waals surface area contributed by atoms with Crippen LogP contribution in [0, 0.1) is 17.8 Å². The number of hydrogen-bond donors (Lipinski definition) is 3. The van der Waals surface area contributed by atoms with Crippen LogP contribution in [0.4, 0.5) is 0 Å². The Morgan fingerprint density at radius 2 is 1.97 bits per heavy atom. The molecule has 1 aliphatic rings. The van der Waals surface area contributed by atoms with Crippen LogP contribution in [-0.4, -0.2) is 41.6 Å². The maximum atomic E-state index is 13.2. The molecule has 38 heavy (non-hydrogen) atoms. The number of nitrogens with zero attached hydrogens (tertiary/aromatic N) is 2. The van der Waals surface area contributed by atoms with E-state index in [4.69, 9.17) is 10.7 Å². The highest BCUT2D eigenvalue weighted by molar-refractivity contribution is 9.10. The third kappa shape index (κ3) is 5.94. The molecule has 0 spiro atoms. The van der Waals surface area contributed by atoms with Crippen LogP contribution in [0.2, 0.25) is 0 Å². The molecule has 2 aromatic heterocycles. The molecule has 6 nitrogen and oxygen atoms in total.